The van der Waals surface area contributed by atoms with Crippen molar-refractivity contribution in [3.63, 3.8) is 0 Å². The molecule has 0 aliphatic carbocycles. The van der Waals surface area contributed by atoms with Gasteiger partial charge >= 0.3 is 0 Å². The summed E-state index contributed by atoms with van der Waals surface area (Å²) in [6.07, 6.45) is 2.62. The molecule has 0 bridgehead atoms. The highest BCUT2D eigenvalue weighted by Gasteiger charge is 2.20. The van der Waals surface area contributed by atoms with Gasteiger partial charge in [0.15, 0.2) is 0 Å². The number of hydrogen-bond acceptors (Lipinski definition) is 2. The first kappa shape index (κ1) is 14.7. The summed E-state index contributed by atoms with van der Waals surface area (Å²) >= 11 is 3.41. The first-order valence-electron chi connectivity index (χ1n) is 6.21. The molecule has 0 aliphatic rings. The monoisotopic (exact) mass is 299 g/mol. The predicted molar refractivity (Wildman–Crippen MR) is 76.2 cm³/mol. The summed E-state index contributed by atoms with van der Waals surface area (Å²) in [7, 11) is 0. The number of hydrogen-bond donors (Lipinski definition) is 2. The quantitative estimate of drug-likeness (QED) is 0.758. The second-order valence-electron chi connectivity index (χ2n) is 4.80. The van der Waals surface area contributed by atoms with Gasteiger partial charge in [-0.15, -0.1) is 0 Å². The van der Waals surface area contributed by atoms with Crippen molar-refractivity contribution in [3.05, 3.63) is 34.3 Å². The van der Waals surface area contributed by atoms with E-state index < -0.39 is 5.60 Å². The minimum atomic E-state index is -0.630. The van der Waals surface area contributed by atoms with Gasteiger partial charge in [-0.25, -0.2) is 0 Å². The Hall–Kier alpha value is -0.380. The number of rotatable bonds is 7. The lowest BCUT2D eigenvalue weighted by Gasteiger charge is -2.23. The molecule has 0 amide bonds. The fourth-order valence-corrected chi connectivity index (χ4v) is 2.05. The van der Waals surface area contributed by atoms with Crippen LogP contribution in [0.4, 0.5) is 0 Å². The minimum absolute atomic E-state index is 0.630. The fourth-order valence-electron chi connectivity index (χ4n) is 1.79. The number of aliphatic hydroxyl groups is 1. The van der Waals surface area contributed by atoms with E-state index in [4.69, 9.17) is 0 Å². The van der Waals surface area contributed by atoms with Crippen molar-refractivity contribution in [1.82, 2.24) is 5.32 Å². The number of benzene rings is 1. The molecule has 17 heavy (non-hydrogen) atoms. The van der Waals surface area contributed by atoms with Gasteiger partial charge in [0.05, 0.1) is 5.60 Å². The van der Waals surface area contributed by atoms with Gasteiger partial charge in [0.1, 0.15) is 0 Å². The molecule has 0 saturated carbocycles. The summed E-state index contributed by atoms with van der Waals surface area (Å²) in [4.78, 5) is 0. The van der Waals surface area contributed by atoms with Crippen LogP contribution in [0.1, 0.15) is 32.3 Å². The van der Waals surface area contributed by atoms with Crippen molar-refractivity contribution in [2.75, 3.05) is 13.1 Å². The van der Waals surface area contributed by atoms with Crippen LogP contribution in [0, 0.1) is 0 Å². The molecule has 96 valence electrons. The molecule has 1 rings (SSSR count). The van der Waals surface area contributed by atoms with E-state index >= 15 is 0 Å². The van der Waals surface area contributed by atoms with E-state index in [-0.39, 0.29) is 0 Å². The highest BCUT2D eigenvalue weighted by molar-refractivity contribution is 9.10. The third-order valence-electron chi connectivity index (χ3n) is 2.77. The van der Waals surface area contributed by atoms with E-state index in [2.05, 4.69) is 40.3 Å². The van der Waals surface area contributed by atoms with Crippen molar-refractivity contribution in [3.8, 4) is 0 Å². The van der Waals surface area contributed by atoms with Crippen LogP contribution in [-0.2, 0) is 6.42 Å². The van der Waals surface area contributed by atoms with Crippen LogP contribution in [-0.4, -0.2) is 23.8 Å². The van der Waals surface area contributed by atoms with Gasteiger partial charge in [-0.3, -0.25) is 0 Å². The highest BCUT2D eigenvalue weighted by Crippen LogP contribution is 2.18. The highest BCUT2D eigenvalue weighted by atomic mass is 79.9. The lowest BCUT2D eigenvalue weighted by molar-refractivity contribution is 0.0516. The summed E-state index contributed by atoms with van der Waals surface area (Å²) in [5.74, 6) is 0. The summed E-state index contributed by atoms with van der Waals surface area (Å²) in [5.41, 5.74) is 0.544. The zero-order valence-corrected chi connectivity index (χ0v) is 12.3. The number of halogens is 1. The molecule has 2 N–H and O–H groups in total. The third kappa shape index (κ3) is 6.20. The molecule has 0 saturated heterocycles. The van der Waals surface area contributed by atoms with Crippen molar-refractivity contribution < 1.29 is 5.11 Å². The van der Waals surface area contributed by atoms with E-state index in [1.54, 1.807) is 0 Å². The molecule has 0 aliphatic heterocycles. The third-order valence-corrected chi connectivity index (χ3v) is 3.29. The second-order valence-corrected chi connectivity index (χ2v) is 5.72. The Kier molecular flexibility index (Phi) is 6.17. The predicted octanol–water partition coefficient (Wildman–Crippen LogP) is 3.13. The molecule has 0 radical (unpaired) electrons. The van der Waals surface area contributed by atoms with E-state index in [9.17, 15) is 5.11 Å². The number of nitrogens with one attached hydrogen (secondary N) is 1. The topological polar surface area (TPSA) is 32.3 Å². The van der Waals surface area contributed by atoms with Crippen LogP contribution in [0.25, 0.3) is 0 Å². The van der Waals surface area contributed by atoms with Crippen LogP contribution in [0.15, 0.2) is 28.7 Å². The lowest BCUT2D eigenvalue weighted by Crippen LogP contribution is -2.32. The zero-order chi connectivity index (χ0) is 12.7. The van der Waals surface area contributed by atoms with E-state index in [0.29, 0.717) is 6.42 Å². The molecule has 1 unspecified atom stereocenters. The van der Waals surface area contributed by atoms with Crippen molar-refractivity contribution >= 4 is 15.9 Å². The largest absolute Gasteiger partial charge is 0.390 e. The van der Waals surface area contributed by atoms with Gasteiger partial charge in [0.2, 0.25) is 0 Å². The van der Waals surface area contributed by atoms with Crippen LogP contribution < -0.4 is 5.32 Å². The smallest absolute Gasteiger partial charge is 0.0672 e. The Morgan fingerprint density at radius 3 is 2.47 bits per heavy atom. The maximum atomic E-state index is 10.3. The summed E-state index contributed by atoms with van der Waals surface area (Å²) in [6, 6.07) is 8.14. The second kappa shape index (κ2) is 7.14. The average Bonchev–Trinajstić information content (AvgIpc) is 2.27. The molecule has 1 aromatic carbocycles. The van der Waals surface area contributed by atoms with Gasteiger partial charge in [0, 0.05) is 10.9 Å². The van der Waals surface area contributed by atoms with Crippen molar-refractivity contribution in [2.45, 2.75) is 38.7 Å². The normalized spacial score (nSPS) is 14.6. The summed E-state index contributed by atoms with van der Waals surface area (Å²) in [6.45, 7) is 5.95. The zero-order valence-electron chi connectivity index (χ0n) is 10.7. The molecule has 0 heterocycles. The van der Waals surface area contributed by atoms with Gasteiger partial charge in [-0.2, -0.15) is 0 Å². The molecule has 0 aromatic heterocycles. The summed E-state index contributed by atoms with van der Waals surface area (Å²) < 4.78 is 1.07. The van der Waals surface area contributed by atoms with E-state index in [0.717, 1.165) is 30.4 Å². The van der Waals surface area contributed by atoms with Gasteiger partial charge in [-0.05, 0) is 50.6 Å². The maximum absolute atomic E-state index is 10.3. The first-order valence-corrected chi connectivity index (χ1v) is 7.00. The van der Waals surface area contributed by atoms with Crippen LogP contribution in [0.5, 0.6) is 0 Å². The van der Waals surface area contributed by atoms with Crippen LogP contribution >= 0.6 is 15.9 Å². The SMILES string of the molecule is CCCNCCC(C)(O)Cc1ccc(Br)cc1. The standard InChI is InChI=1S/C14H22BrNO/c1-3-9-16-10-8-14(2,17)11-12-4-6-13(15)7-5-12/h4-7,16-17H,3,8-11H2,1-2H3. The Bertz CT molecular complexity index is 321. The van der Waals surface area contributed by atoms with Gasteiger partial charge < -0.3 is 10.4 Å². The molecular formula is C14H22BrNO. The molecule has 1 atom stereocenters. The average molecular weight is 300 g/mol. The Balaban J connectivity index is 2.40. The summed E-state index contributed by atoms with van der Waals surface area (Å²) in [5, 5.41) is 13.6. The van der Waals surface area contributed by atoms with Gasteiger partial charge in [-0.1, -0.05) is 35.0 Å². The van der Waals surface area contributed by atoms with Crippen LogP contribution in [0.2, 0.25) is 0 Å². The Labute approximate surface area is 113 Å². The van der Waals surface area contributed by atoms with Crippen molar-refractivity contribution in [2.24, 2.45) is 0 Å². The molecular weight excluding hydrogens is 278 g/mol. The molecule has 0 fully saturated rings. The molecule has 2 nitrogen and oxygen atoms in total. The van der Waals surface area contributed by atoms with Gasteiger partial charge in [0.25, 0.3) is 0 Å². The van der Waals surface area contributed by atoms with Crippen LogP contribution in [0.3, 0.4) is 0 Å². The molecule has 0 spiro atoms. The fraction of sp³-hybridized carbons (Fsp3) is 0.571. The lowest BCUT2D eigenvalue weighted by atomic mass is 9.93. The maximum Gasteiger partial charge on any atom is 0.0672 e. The Morgan fingerprint density at radius 2 is 1.88 bits per heavy atom. The molecule has 3 heteroatoms. The first-order chi connectivity index (χ1) is 8.03. The minimum Gasteiger partial charge on any atom is -0.390 e. The van der Waals surface area contributed by atoms with E-state index in [1.165, 1.54) is 5.56 Å². The van der Waals surface area contributed by atoms with Crippen molar-refractivity contribution in [1.29, 1.82) is 0 Å². The van der Waals surface area contributed by atoms with E-state index in [1.807, 2.05) is 19.1 Å². The molecule has 1 aromatic rings. The Morgan fingerprint density at radius 1 is 1.24 bits per heavy atom.